The van der Waals surface area contributed by atoms with E-state index in [1.165, 1.54) is 71.4 Å². The van der Waals surface area contributed by atoms with Crippen molar-refractivity contribution in [3.8, 4) is 23.0 Å². The second-order valence-electron chi connectivity index (χ2n) is 16.4. The minimum Gasteiger partial charge on any atom is -0.872 e. The molecule has 0 fully saturated rings. The zero-order chi connectivity index (χ0) is 62.0. The molecule has 8 rings (SSSR count). The maximum atomic E-state index is 11.0. The number of carboxylic acids is 4. The number of aryl methyl sites for hydroxylation is 4. The van der Waals surface area contributed by atoms with E-state index >= 15 is 0 Å². The predicted octanol–water partition coefficient (Wildman–Crippen LogP) is 2.28. The van der Waals surface area contributed by atoms with Crippen LogP contribution in [0.15, 0.2) is 215 Å². The van der Waals surface area contributed by atoms with Crippen LogP contribution in [-0.4, -0.2) is 94.9 Å². The second-order valence-corrected chi connectivity index (χ2v) is 16.4. The summed E-state index contributed by atoms with van der Waals surface area (Å²) >= 11 is 0. The third-order valence-corrected chi connectivity index (χ3v) is 10.1. The summed E-state index contributed by atoms with van der Waals surface area (Å²) in [6.45, 7) is 6.85. The number of hydrogen-bond donors (Lipinski definition) is 0. The number of pyridine rings is 4. The molecule has 0 saturated carbocycles. The van der Waals surface area contributed by atoms with Crippen LogP contribution in [0.3, 0.4) is 0 Å². The van der Waals surface area contributed by atoms with Gasteiger partial charge in [0.25, 0.3) is 0 Å². The van der Waals surface area contributed by atoms with E-state index in [2.05, 4.69) is 67.6 Å². The van der Waals surface area contributed by atoms with E-state index in [0.717, 1.165) is 25.7 Å². The van der Waals surface area contributed by atoms with Crippen molar-refractivity contribution in [2.75, 3.05) is 26.2 Å². The van der Waals surface area contributed by atoms with Crippen molar-refractivity contribution in [3.63, 3.8) is 0 Å². The predicted molar refractivity (Wildman–Crippen MR) is 308 cm³/mol. The van der Waals surface area contributed by atoms with E-state index in [1.54, 1.807) is 72.8 Å². The Labute approximate surface area is 555 Å². The largest absolute Gasteiger partial charge is 2.00 e. The van der Waals surface area contributed by atoms with Crippen LogP contribution in [0.5, 0.6) is 23.0 Å². The van der Waals surface area contributed by atoms with Gasteiger partial charge in [-0.1, -0.05) is 125 Å². The van der Waals surface area contributed by atoms with E-state index in [-0.39, 0.29) is 91.3 Å². The van der Waals surface area contributed by atoms with E-state index < -0.39 is 50.1 Å². The summed E-state index contributed by atoms with van der Waals surface area (Å²) in [4.78, 5) is 69.5. The zero-order valence-corrected chi connectivity index (χ0v) is 51.9. The number of nitrogens with zero attached hydrogens (tertiary/aromatic N) is 8. The first-order valence-corrected chi connectivity index (χ1v) is 25.9. The van der Waals surface area contributed by atoms with Crippen molar-refractivity contribution in [2.24, 2.45) is 20.0 Å². The van der Waals surface area contributed by atoms with Gasteiger partial charge in [-0.15, -0.1) is 23.0 Å². The molecule has 20 nitrogen and oxygen atoms in total. The van der Waals surface area contributed by atoms with Crippen molar-refractivity contribution in [1.29, 1.82) is 0 Å². The van der Waals surface area contributed by atoms with Crippen LogP contribution in [0.2, 0.25) is 0 Å². The molecule has 4 radical (unpaired) electrons. The van der Waals surface area contributed by atoms with Gasteiger partial charge in [0.1, 0.15) is 0 Å². The van der Waals surface area contributed by atoms with Gasteiger partial charge in [-0.25, -0.2) is 0 Å². The molecule has 0 amide bonds. The molecular weight excluding hydrogens is 1330 g/mol. The number of aliphatic carboxylic acids is 4. The van der Waals surface area contributed by atoms with Crippen LogP contribution in [0, 0.1) is 0 Å². The van der Waals surface area contributed by atoms with Gasteiger partial charge in [-0.3, -0.25) is 39.9 Å². The normalized spacial score (nSPS) is 9.50. The molecule has 24 heteroatoms. The molecule has 0 atom stereocenters. The standard InChI is InChI=1S/4C9H9NO3.4C7H9N.4Cu/c4*11-8-4-2-1-3-7(8)5-10-6-9(12)13;4*1-2-7-3-5-8-6-4-7;;;;/h4*1-5,11H,6H2,(H,12,13);4*3-6H,2H2,1H3;;;;/q;;;;;;;;4*+2/p-8. The Bertz CT molecular complexity index is 2780. The summed E-state index contributed by atoms with van der Waals surface area (Å²) in [5.41, 5.74) is 6.90. The first-order chi connectivity index (χ1) is 40.5. The number of aromatic nitrogens is 4. The topological polar surface area (TPSA) is 354 Å². The summed E-state index contributed by atoms with van der Waals surface area (Å²) in [5.74, 6) is -5.76. The average Bonchev–Trinajstić information content (AvgIpc) is 3.69. The molecule has 476 valence electrons. The van der Waals surface area contributed by atoms with Crippen LogP contribution >= 0.6 is 0 Å². The molecule has 0 saturated heterocycles. The molecule has 0 aliphatic carbocycles. The third-order valence-electron chi connectivity index (χ3n) is 10.1. The second kappa shape index (κ2) is 56.1. The maximum Gasteiger partial charge on any atom is 2.00 e. The molecule has 4 heterocycles. The molecule has 0 bridgehead atoms. The molecule has 4 aromatic carbocycles. The van der Waals surface area contributed by atoms with Gasteiger partial charge in [0.2, 0.25) is 0 Å². The number of aliphatic imine (C=N–C) groups is 4. The Morgan fingerprint density at radius 1 is 0.307 bits per heavy atom. The quantitative estimate of drug-likeness (QED) is 0.0989. The summed E-state index contributed by atoms with van der Waals surface area (Å²) in [7, 11) is 0. The minimum absolute atomic E-state index is 0. The first-order valence-electron chi connectivity index (χ1n) is 25.9. The monoisotopic (exact) mass is 1390 g/mol. The molecule has 0 aliphatic heterocycles. The van der Waals surface area contributed by atoms with Gasteiger partial charge in [0, 0.05) is 74.4 Å². The van der Waals surface area contributed by atoms with Gasteiger partial charge >= 0.3 is 68.3 Å². The fourth-order valence-electron chi connectivity index (χ4n) is 5.70. The Morgan fingerprint density at radius 3 is 0.591 bits per heavy atom. The molecule has 0 spiro atoms. The van der Waals surface area contributed by atoms with Gasteiger partial charge in [-0.2, -0.15) is 0 Å². The van der Waals surface area contributed by atoms with Crippen LogP contribution in [0.25, 0.3) is 0 Å². The molecule has 0 N–H and O–H groups in total. The van der Waals surface area contributed by atoms with Gasteiger partial charge in [0.15, 0.2) is 0 Å². The third kappa shape index (κ3) is 45.7. The van der Waals surface area contributed by atoms with Gasteiger partial charge in [-0.05, 0) is 119 Å². The Morgan fingerprint density at radius 2 is 0.466 bits per heavy atom. The van der Waals surface area contributed by atoms with E-state index in [4.69, 9.17) is 0 Å². The zero-order valence-electron chi connectivity index (χ0n) is 48.1. The maximum absolute atomic E-state index is 11.0. The number of carboxylic acid groups (broad SMARTS) is 4. The van der Waals surface area contributed by atoms with Crippen LogP contribution < -0.4 is 40.9 Å². The summed E-state index contributed by atoms with van der Waals surface area (Å²) in [6, 6.07) is 41.2. The van der Waals surface area contributed by atoms with Crippen LogP contribution in [0.1, 0.15) is 72.2 Å². The number of carbonyl (C=O) groups excluding carboxylic acids is 4. The van der Waals surface area contributed by atoms with Crippen molar-refractivity contribution in [1.82, 2.24) is 19.9 Å². The first kappa shape index (κ1) is 85.8. The molecule has 0 aliphatic rings. The summed E-state index contributed by atoms with van der Waals surface area (Å²) < 4.78 is 0. The number of carbonyl (C=O) groups is 4. The Kier molecular flexibility index (Phi) is 54.7. The van der Waals surface area contributed by atoms with Crippen molar-refractivity contribution >= 4 is 48.7 Å². The van der Waals surface area contributed by atoms with Crippen molar-refractivity contribution in [2.45, 2.75) is 53.4 Å². The van der Waals surface area contributed by atoms with Crippen molar-refractivity contribution in [3.05, 3.63) is 240 Å². The smallest absolute Gasteiger partial charge is 0.872 e. The van der Waals surface area contributed by atoms with Crippen LogP contribution in [-0.2, 0) is 113 Å². The number of para-hydroxylation sites is 4. The summed E-state index contributed by atoms with van der Waals surface area (Å²) in [5, 5.41) is 84.0. The van der Waals surface area contributed by atoms with Gasteiger partial charge in [0.05, 0.1) is 50.1 Å². The Hall–Kier alpha value is -8.68. The van der Waals surface area contributed by atoms with E-state index in [9.17, 15) is 60.0 Å². The van der Waals surface area contributed by atoms with E-state index in [1.807, 2.05) is 98.1 Å². The molecule has 4 aromatic heterocycles. The average molecular weight is 1390 g/mol. The number of hydrogen-bond acceptors (Lipinski definition) is 20. The molecule has 88 heavy (non-hydrogen) atoms. The molecule has 8 aromatic rings. The Balaban J connectivity index is -0.000000459. The fraction of sp³-hybridized carbons (Fsp3) is 0.188. The van der Waals surface area contributed by atoms with E-state index in [0.29, 0.717) is 22.3 Å². The van der Waals surface area contributed by atoms with Crippen molar-refractivity contribution < 1.29 is 128 Å². The number of rotatable bonds is 16. The van der Waals surface area contributed by atoms with Crippen LogP contribution in [0.4, 0.5) is 0 Å². The number of benzene rings is 4. The fourth-order valence-corrected chi connectivity index (χ4v) is 5.70. The molecular formula is C64H64Cu4N8O12. The summed E-state index contributed by atoms with van der Waals surface area (Å²) in [6.07, 6.45) is 23.9. The SMILES string of the molecule is CCc1ccncc1.CCc1ccncc1.CCc1ccncc1.CCc1ccncc1.O=C([O-])CN=Cc1ccccc1[O-].O=C([O-])CN=Cc1ccccc1[O-].O=C([O-])CN=Cc1ccccc1[O-].O=C([O-])CN=Cc1ccccc1[O-].[Cu+2].[Cu+2].[Cu+2].[Cu+2]. The minimum atomic E-state index is -1.26. The van der Waals surface area contributed by atoms with Gasteiger partial charge < -0.3 is 60.0 Å². The molecule has 0 unspecified atom stereocenters.